The summed E-state index contributed by atoms with van der Waals surface area (Å²) in [5, 5.41) is 17.1. The van der Waals surface area contributed by atoms with Gasteiger partial charge in [-0.15, -0.1) is 0 Å². The number of carbonyl (C=O) groups excluding carboxylic acids is 1. The number of hydrogen-bond acceptors (Lipinski definition) is 3. The Morgan fingerprint density at radius 3 is 2.37 bits per heavy atom. The van der Waals surface area contributed by atoms with E-state index >= 15 is 0 Å². The molecule has 0 aromatic heterocycles. The third kappa shape index (κ3) is 4.08. The average Bonchev–Trinajstić information content (AvgIpc) is 2.41. The van der Waals surface area contributed by atoms with E-state index in [1.807, 2.05) is 12.1 Å². The summed E-state index contributed by atoms with van der Waals surface area (Å²) in [6, 6.07) is 8.18. The highest BCUT2D eigenvalue weighted by atomic mass is 19.1. The molecule has 1 amide bonds. The number of benzene rings is 1. The van der Waals surface area contributed by atoms with Crippen molar-refractivity contribution in [1.29, 1.82) is 10.5 Å². The standard InChI is InChI=1S/C14H14FN3O/c1-11-4-5-13(15)12(10-11)14(19)18(8-2-6-16)9-3-7-17/h4-5,10H,2-3,8-9H2,1H3. The maximum atomic E-state index is 13.6. The molecule has 1 aromatic rings. The van der Waals surface area contributed by atoms with Gasteiger partial charge in [-0.2, -0.15) is 10.5 Å². The summed E-state index contributed by atoms with van der Waals surface area (Å²) in [5.41, 5.74) is 0.765. The molecule has 1 rings (SSSR count). The predicted molar refractivity (Wildman–Crippen MR) is 67.5 cm³/mol. The molecule has 19 heavy (non-hydrogen) atoms. The van der Waals surface area contributed by atoms with E-state index in [4.69, 9.17) is 10.5 Å². The van der Waals surface area contributed by atoms with Crippen LogP contribution in [0.15, 0.2) is 18.2 Å². The van der Waals surface area contributed by atoms with E-state index in [1.54, 1.807) is 13.0 Å². The number of hydrogen-bond donors (Lipinski definition) is 0. The summed E-state index contributed by atoms with van der Waals surface area (Å²) in [5.74, 6) is -1.07. The molecule has 0 saturated carbocycles. The molecule has 0 aliphatic heterocycles. The number of aryl methyl sites for hydroxylation is 1. The van der Waals surface area contributed by atoms with Gasteiger partial charge in [0.2, 0.25) is 0 Å². The number of halogens is 1. The zero-order chi connectivity index (χ0) is 14.3. The molecule has 0 radical (unpaired) electrons. The minimum absolute atomic E-state index is 0.0177. The molecule has 0 bridgehead atoms. The Morgan fingerprint density at radius 1 is 1.26 bits per heavy atom. The fraction of sp³-hybridized carbons (Fsp3) is 0.357. The summed E-state index contributed by atoms with van der Waals surface area (Å²) in [6.45, 7) is 2.17. The lowest BCUT2D eigenvalue weighted by Crippen LogP contribution is -2.33. The summed E-state index contributed by atoms with van der Waals surface area (Å²) in [7, 11) is 0. The van der Waals surface area contributed by atoms with E-state index in [0.717, 1.165) is 5.56 Å². The molecule has 0 atom stereocenters. The Labute approximate surface area is 111 Å². The van der Waals surface area contributed by atoms with Crippen molar-refractivity contribution in [3.8, 4) is 12.1 Å². The monoisotopic (exact) mass is 259 g/mol. The fourth-order valence-electron chi connectivity index (χ4n) is 1.66. The largest absolute Gasteiger partial charge is 0.336 e. The van der Waals surface area contributed by atoms with Gasteiger partial charge in [-0.3, -0.25) is 4.79 Å². The second-order valence-corrected chi connectivity index (χ2v) is 4.09. The van der Waals surface area contributed by atoms with Gasteiger partial charge in [0.15, 0.2) is 0 Å². The minimum atomic E-state index is -0.588. The lowest BCUT2D eigenvalue weighted by molar-refractivity contribution is 0.0757. The highest BCUT2D eigenvalue weighted by molar-refractivity contribution is 5.94. The van der Waals surface area contributed by atoms with Gasteiger partial charge in [-0.05, 0) is 19.1 Å². The molecule has 98 valence electrons. The third-order valence-electron chi connectivity index (χ3n) is 2.63. The van der Waals surface area contributed by atoms with E-state index < -0.39 is 11.7 Å². The lowest BCUT2D eigenvalue weighted by atomic mass is 10.1. The zero-order valence-electron chi connectivity index (χ0n) is 10.7. The third-order valence-corrected chi connectivity index (χ3v) is 2.63. The summed E-state index contributed by atoms with van der Waals surface area (Å²) < 4.78 is 13.6. The Hall–Kier alpha value is -2.40. The van der Waals surface area contributed by atoms with Crippen molar-refractivity contribution in [3.63, 3.8) is 0 Å². The van der Waals surface area contributed by atoms with Gasteiger partial charge in [0.25, 0.3) is 5.91 Å². The van der Waals surface area contributed by atoms with Gasteiger partial charge in [-0.1, -0.05) is 11.6 Å². The normalized spacial score (nSPS) is 9.47. The first-order chi connectivity index (χ1) is 9.10. The van der Waals surface area contributed by atoms with Crippen LogP contribution < -0.4 is 0 Å². The maximum absolute atomic E-state index is 13.6. The van der Waals surface area contributed by atoms with Crippen LogP contribution in [0.25, 0.3) is 0 Å². The predicted octanol–water partition coefficient (Wildman–Crippen LogP) is 2.40. The molecule has 4 nitrogen and oxygen atoms in total. The van der Waals surface area contributed by atoms with Crippen molar-refractivity contribution in [2.24, 2.45) is 0 Å². The van der Waals surface area contributed by atoms with Crippen LogP contribution in [0.3, 0.4) is 0 Å². The first kappa shape index (κ1) is 14.7. The lowest BCUT2D eigenvalue weighted by Gasteiger charge is -2.20. The van der Waals surface area contributed by atoms with Crippen LogP contribution in [-0.2, 0) is 0 Å². The van der Waals surface area contributed by atoms with Gasteiger partial charge in [0.1, 0.15) is 5.82 Å². The Balaban J connectivity index is 2.94. The topological polar surface area (TPSA) is 67.9 Å². The van der Waals surface area contributed by atoms with Crippen molar-refractivity contribution in [3.05, 3.63) is 35.1 Å². The first-order valence-corrected chi connectivity index (χ1v) is 5.89. The van der Waals surface area contributed by atoms with Crippen LogP contribution in [0.2, 0.25) is 0 Å². The SMILES string of the molecule is Cc1ccc(F)c(C(=O)N(CCC#N)CCC#N)c1. The number of carbonyl (C=O) groups is 1. The molecule has 0 fully saturated rings. The number of nitriles is 2. The molecule has 0 N–H and O–H groups in total. The van der Waals surface area contributed by atoms with Crippen molar-refractivity contribution in [2.75, 3.05) is 13.1 Å². The van der Waals surface area contributed by atoms with E-state index in [1.165, 1.54) is 17.0 Å². The van der Waals surface area contributed by atoms with Crippen molar-refractivity contribution in [1.82, 2.24) is 4.90 Å². The summed E-state index contributed by atoms with van der Waals surface area (Å²) in [4.78, 5) is 13.5. The van der Waals surface area contributed by atoms with Crippen LogP contribution >= 0.6 is 0 Å². The second kappa shape index (κ2) is 7.13. The van der Waals surface area contributed by atoms with Crippen molar-refractivity contribution in [2.45, 2.75) is 19.8 Å². The second-order valence-electron chi connectivity index (χ2n) is 4.09. The van der Waals surface area contributed by atoms with E-state index in [0.29, 0.717) is 0 Å². The molecule has 1 aromatic carbocycles. The molecule has 0 aliphatic carbocycles. The van der Waals surface area contributed by atoms with Gasteiger partial charge >= 0.3 is 0 Å². The van der Waals surface area contributed by atoms with E-state index in [2.05, 4.69) is 0 Å². The molecule has 0 saturated heterocycles. The molecule has 0 heterocycles. The highest BCUT2D eigenvalue weighted by Crippen LogP contribution is 2.13. The van der Waals surface area contributed by atoms with Crippen molar-refractivity contribution < 1.29 is 9.18 Å². The Bertz CT molecular complexity index is 525. The molecule has 0 unspecified atom stereocenters. The zero-order valence-corrected chi connectivity index (χ0v) is 10.7. The molecule has 0 aliphatic rings. The quantitative estimate of drug-likeness (QED) is 0.815. The van der Waals surface area contributed by atoms with E-state index in [-0.39, 0.29) is 31.5 Å². The number of rotatable bonds is 5. The smallest absolute Gasteiger partial charge is 0.256 e. The molecular formula is C14H14FN3O. The first-order valence-electron chi connectivity index (χ1n) is 5.89. The van der Waals surface area contributed by atoms with Gasteiger partial charge in [-0.25, -0.2) is 4.39 Å². The van der Waals surface area contributed by atoms with Gasteiger partial charge in [0, 0.05) is 13.1 Å². The van der Waals surface area contributed by atoms with Crippen LogP contribution in [0.5, 0.6) is 0 Å². The van der Waals surface area contributed by atoms with Crippen LogP contribution in [0.4, 0.5) is 4.39 Å². The van der Waals surface area contributed by atoms with Gasteiger partial charge in [0.05, 0.1) is 30.5 Å². The highest BCUT2D eigenvalue weighted by Gasteiger charge is 2.18. The summed E-state index contributed by atoms with van der Waals surface area (Å²) in [6.07, 6.45) is 0.315. The Morgan fingerprint density at radius 2 is 1.84 bits per heavy atom. The minimum Gasteiger partial charge on any atom is -0.336 e. The number of amides is 1. The van der Waals surface area contributed by atoms with Crippen LogP contribution in [0, 0.1) is 35.4 Å². The summed E-state index contributed by atoms with van der Waals surface area (Å²) >= 11 is 0. The maximum Gasteiger partial charge on any atom is 0.256 e. The Kier molecular flexibility index (Phi) is 5.50. The van der Waals surface area contributed by atoms with E-state index in [9.17, 15) is 9.18 Å². The molecule has 0 spiro atoms. The molecule has 5 heteroatoms. The van der Waals surface area contributed by atoms with Crippen LogP contribution in [-0.4, -0.2) is 23.9 Å². The fourth-order valence-corrected chi connectivity index (χ4v) is 1.66. The number of nitrogens with zero attached hydrogens (tertiary/aromatic N) is 3. The molecular weight excluding hydrogens is 245 g/mol. The average molecular weight is 259 g/mol. The van der Waals surface area contributed by atoms with Gasteiger partial charge < -0.3 is 4.90 Å². The van der Waals surface area contributed by atoms with Crippen molar-refractivity contribution >= 4 is 5.91 Å². The van der Waals surface area contributed by atoms with Crippen LogP contribution in [0.1, 0.15) is 28.8 Å².